The summed E-state index contributed by atoms with van der Waals surface area (Å²) in [4.78, 5) is 15.4. The molecule has 11 heteroatoms. The second kappa shape index (κ2) is 10.2. The van der Waals surface area contributed by atoms with Crippen LogP contribution in [0.4, 0.5) is 0 Å². The van der Waals surface area contributed by atoms with Gasteiger partial charge in [-0.1, -0.05) is 13.3 Å². The summed E-state index contributed by atoms with van der Waals surface area (Å²) in [5, 5.41) is 12.9. The molecule has 0 radical (unpaired) electrons. The van der Waals surface area contributed by atoms with Gasteiger partial charge in [0, 0.05) is 43.0 Å². The molecule has 2 aliphatic rings. The van der Waals surface area contributed by atoms with Gasteiger partial charge in [0.05, 0.1) is 18.1 Å². The molecule has 192 valence electrons. The minimum atomic E-state index is -3.70. The number of carbonyl (C=O) groups excluding carboxylic acids is 1. The van der Waals surface area contributed by atoms with E-state index in [2.05, 4.69) is 15.6 Å². The Kier molecular flexibility index (Phi) is 7.41. The lowest BCUT2D eigenvalue weighted by Gasteiger charge is -2.33. The maximum absolute atomic E-state index is 13.4. The normalized spacial score (nSPS) is 19.2. The first-order chi connectivity index (χ1) is 16.7. The summed E-state index contributed by atoms with van der Waals surface area (Å²) in [5.74, 6) is 0.201. The molecule has 2 aromatic rings. The Hall–Kier alpha value is -2.60. The third-order valence-corrected chi connectivity index (χ3v) is 8.63. The van der Waals surface area contributed by atoms with Crippen molar-refractivity contribution in [2.24, 2.45) is 0 Å². The zero-order valence-corrected chi connectivity index (χ0v) is 21.6. The van der Waals surface area contributed by atoms with E-state index >= 15 is 0 Å². The summed E-state index contributed by atoms with van der Waals surface area (Å²) in [7, 11) is -1.73. The van der Waals surface area contributed by atoms with Gasteiger partial charge in [-0.3, -0.25) is 14.9 Å². The molecule has 1 aromatic heterocycles. The van der Waals surface area contributed by atoms with E-state index < -0.39 is 16.2 Å². The van der Waals surface area contributed by atoms with Gasteiger partial charge in [-0.25, -0.2) is 8.42 Å². The van der Waals surface area contributed by atoms with Crippen molar-refractivity contribution in [2.75, 3.05) is 45.3 Å². The van der Waals surface area contributed by atoms with E-state index in [9.17, 15) is 18.3 Å². The van der Waals surface area contributed by atoms with Crippen LogP contribution in [0.5, 0.6) is 5.75 Å². The minimum Gasteiger partial charge on any atom is -0.493 e. The molecule has 0 aliphatic carbocycles. The number of piperazine rings is 1. The van der Waals surface area contributed by atoms with E-state index in [1.807, 2.05) is 27.8 Å². The third-order valence-electron chi connectivity index (χ3n) is 6.74. The molecule has 0 spiro atoms. The number of nitrogens with zero attached hydrogens (tertiary/aromatic N) is 3. The largest absolute Gasteiger partial charge is 0.493 e. The maximum atomic E-state index is 13.4. The number of carbonyl (C=O) groups is 1. The maximum Gasteiger partial charge on any atom is 0.272 e. The molecule has 1 amide bonds. The second-order valence-corrected chi connectivity index (χ2v) is 11.0. The number of likely N-dealkylation sites (N-methyl/N-ethyl adjacent to an activating group) is 1. The number of aliphatic hydroxyl groups excluding tert-OH is 1. The molecule has 35 heavy (non-hydrogen) atoms. The highest BCUT2D eigenvalue weighted by Crippen LogP contribution is 2.33. The summed E-state index contributed by atoms with van der Waals surface area (Å²) >= 11 is 0. The fraction of sp³-hybridized carbons (Fsp3) is 0.542. The Morgan fingerprint density at radius 3 is 2.51 bits per heavy atom. The van der Waals surface area contributed by atoms with Crippen molar-refractivity contribution in [2.45, 2.75) is 51.3 Å². The van der Waals surface area contributed by atoms with Gasteiger partial charge in [-0.2, -0.15) is 4.31 Å². The van der Waals surface area contributed by atoms with E-state index in [4.69, 9.17) is 4.74 Å². The number of aliphatic hydroxyl groups is 1. The molecule has 2 aliphatic heterocycles. The van der Waals surface area contributed by atoms with E-state index in [0.717, 1.165) is 23.2 Å². The number of ether oxygens (including phenoxy) is 1. The average molecular weight is 506 g/mol. The van der Waals surface area contributed by atoms with Crippen molar-refractivity contribution < 1.29 is 23.1 Å². The molecule has 1 unspecified atom stereocenters. The van der Waals surface area contributed by atoms with Gasteiger partial charge in [0.25, 0.3) is 5.91 Å². The van der Waals surface area contributed by atoms with Crippen LogP contribution in [0.1, 0.15) is 59.3 Å². The number of nitrogens with one attached hydrogen (secondary N) is 2. The molecule has 10 nitrogen and oxygen atoms in total. The van der Waals surface area contributed by atoms with E-state index in [0.29, 0.717) is 56.2 Å². The standard InChI is InChI=1S/C24H35N5O5S/c1-5-7-20-19(15-30)16(3)22-24(31)25-23(26-29(20)22)18-14-17(8-9-21(18)34-6-2)35(32,33)28-12-10-27(4)11-13-28/h8-9,14,23,26,30H,5-7,10-13,15H2,1-4H3,(H,25,31). The van der Waals surface area contributed by atoms with Crippen LogP contribution in [0.25, 0.3) is 0 Å². The van der Waals surface area contributed by atoms with Crippen LogP contribution in [0, 0.1) is 6.92 Å². The molecule has 1 aromatic carbocycles. The number of amides is 1. The highest BCUT2D eigenvalue weighted by Gasteiger charge is 2.34. The Labute approximate surface area is 206 Å². The quantitative estimate of drug-likeness (QED) is 0.499. The average Bonchev–Trinajstić information content (AvgIpc) is 3.11. The van der Waals surface area contributed by atoms with Gasteiger partial charge in [0.15, 0.2) is 0 Å². The van der Waals surface area contributed by atoms with Crippen molar-refractivity contribution in [3.05, 3.63) is 46.3 Å². The number of fused-ring (bicyclic) bond motifs is 1. The van der Waals surface area contributed by atoms with Gasteiger partial charge < -0.3 is 20.1 Å². The number of benzene rings is 1. The van der Waals surface area contributed by atoms with Gasteiger partial charge in [-0.05, 0) is 51.1 Å². The molecular formula is C24H35N5O5S. The molecule has 3 heterocycles. The van der Waals surface area contributed by atoms with Gasteiger partial charge in [0.1, 0.15) is 17.6 Å². The van der Waals surface area contributed by atoms with Crippen LogP contribution in [-0.4, -0.2) is 73.1 Å². The Balaban J connectivity index is 1.75. The lowest BCUT2D eigenvalue weighted by molar-refractivity contribution is 0.0913. The summed E-state index contributed by atoms with van der Waals surface area (Å²) in [6.45, 7) is 8.15. The first-order valence-electron chi connectivity index (χ1n) is 12.1. The van der Waals surface area contributed by atoms with E-state index in [-0.39, 0.29) is 17.4 Å². The molecule has 1 saturated heterocycles. The van der Waals surface area contributed by atoms with Gasteiger partial charge in [0.2, 0.25) is 10.0 Å². The Bertz CT molecular complexity index is 1200. The number of rotatable bonds is 8. The van der Waals surface area contributed by atoms with Crippen molar-refractivity contribution in [3.8, 4) is 5.75 Å². The summed E-state index contributed by atoms with van der Waals surface area (Å²) in [6, 6.07) is 4.80. The number of hydrogen-bond acceptors (Lipinski definition) is 7. The Morgan fingerprint density at radius 2 is 1.89 bits per heavy atom. The van der Waals surface area contributed by atoms with E-state index in [1.54, 1.807) is 22.9 Å². The van der Waals surface area contributed by atoms with Crippen molar-refractivity contribution >= 4 is 15.9 Å². The first-order valence-corrected chi connectivity index (χ1v) is 13.5. The van der Waals surface area contributed by atoms with Crippen molar-refractivity contribution in [1.82, 2.24) is 19.2 Å². The van der Waals surface area contributed by atoms with Crippen LogP contribution in [0.15, 0.2) is 23.1 Å². The molecule has 1 fully saturated rings. The summed E-state index contributed by atoms with van der Waals surface area (Å²) < 4.78 is 35.9. The molecule has 3 N–H and O–H groups in total. The molecule has 4 rings (SSSR count). The van der Waals surface area contributed by atoms with Crippen LogP contribution in [-0.2, 0) is 23.1 Å². The molecule has 0 bridgehead atoms. The van der Waals surface area contributed by atoms with Crippen LogP contribution < -0.4 is 15.5 Å². The monoisotopic (exact) mass is 505 g/mol. The zero-order chi connectivity index (χ0) is 25.3. The lowest BCUT2D eigenvalue weighted by Crippen LogP contribution is -2.47. The lowest BCUT2D eigenvalue weighted by atomic mass is 10.1. The zero-order valence-electron chi connectivity index (χ0n) is 20.8. The highest BCUT2D eigenvalue weighted by molar-refractivity contribution is 7.89. The number of hydrogen-bond donors (Lipinski definition) is 3. The molecule has 1 atom stereocenters. The third kappa shape index (κ3) is 4.65. The van der Waals surface area contributed by atoms with Gasteiger partial charge >= 0.3 is 0 Å². The fourth-order valence-electron chi connectivity index (χ4n) is 4.81. The topological polar surface area (TPSA) is 116 Å². The van der Waals surface area contributed by atoms with Crippen LogP contribution >= 0.6 is 0 Å². The SMILES string of the molecule is CCCc1c(CO)c(C)c2n1NC(c1cc(S(=O)(=O)N3CCN(C)CC3)ccc1OCC)NC2=O. The summed E-state index contributed by atoms with van der Waals surface area (Å²) in [5.41, 5.74) is 6.63. The van der Waals surface area contributed by atoms with E-state index in [1.165, 1.54) is 4.31 Å². The fourth-order valence-corrected chi connectivity index (χ4v) is 6.26. The molecule has 0 saturated carbocycles. The van der Waals surface area contributed by atoms with Crippen molar-refractivity contribution in [3.63, 3.8) is 0 Å². The Morgan fingerprint density at radius 1 is 1.17 bits per heavy atom. The second-order valence-electron chi connectivity index (χ2n) is 9.02. The minimum absolute atomic E-state index is 0.163. The molecular weight excluding hydrogens is 470 g/mol. The predicted molar refractivity (Wildman–Crippen MR) is 133 cm³/mol. The van der Waals surface area contributed by atoms with Crippen LogP contribution in [0.2, 0.25) is 0 Å². The number of sulfonamides is 1. The van der Waals surface area contributed by atoms with Crippen LogP contribution in [0.3, 0.4) is 0 Å². The highest BCUT2D eigenvalue weighted by atomic mass is 32.2. The predicted octanol–water partition coefficient (Wildman–Crippen LogP) is 1.56. The smallest absolute Gasteiger partial charge is 0.272 e. The van der Waals surface area contributed by atoms with Crippen molar-refractivity contribution in [1.29, 1.82) is 0 Å². The number of aromatic nitrogens is 1. The first kappa shape index (κ1) is 25.5. The summed E-state index contributed by atoms with van der Waals surface area (Å²) in [6.07, 6.45) is 0.806. The van der Waals surface area contributed by atoms with Gasteiger partial charge in [-0.15, -0.1) is 0 Å².